The second kappa shape index (κ2) is 6.35. The van der Waals surface area contributed by atoms with Crippen LogP contribution in [-0.4, -0.2) is 11.0 Å². The van der Waals surface area contributed by atoms with Gasteiger partial charge in [0.1, 0.15) is 0 Å². The third-order valence-electron chi connectivity index (χ3n) is 3.98. The highest BCUT2D eigenvalue weighted by atomic mass is 35.5. The molecule has 1 aromatic carbocycles. The monoisotopic (exact) mass is 282 g/mol. The van der Waals surface area contributed by atoms with E-state index in [1.807, 2.05) is 0 Å². The van der Waals surface area contributed by atoms with Gasteiger partial charge in [0, 0.05) is 17.7 Å². The van der Waals surface area contributed by atoms with Crippen LogP contribution in [0, 0.1) is 16.0 Å². The number of nitrogens with zero attached hydrogens (tertiary/aromatic N) is 1. The van der Waals surface area contributed by atoms with Gasteiger partial charge in [0.2, 0.25) is 0 Å². The molecule has 1 fully saturated rings. The van der Waals surface area contributed by atoms with Crippen molar-refractivity contribution in [1.29, 1.82) is 0 Å². The number of nitro groups is 1. The van der Waals surface area contributed by atoms with E-state index >= 15 is 0 Å². The molecule has 0 bridgehead atoms. The Morgan fingerprint density at radius 2 is 2.05 bits per heavy atom. The van der Waals surface area contributed by atoms with Crippen LogP contribution in [0.2, 0.25) is 5.02 Å². The summed E-state index contributed by atoms with van der Waals surface area (Å²) in [4.78, 5) is 10.7. The van der Waals surface area contributed by atoms with Crippen LogP contribution in [0.4, 0.5) is 5.69 Å². The summed E-state index contributed by atoms with van der Waals surface area (Å²) in [6, 6.07) is 4.98. The minimum absolute atomic E-state index is 0.115. The number of hydrogen-bond acceptors (Lipinski definition) is 3. The van der Waals surface area contributed by atoms with Gasteiger partial charge in [-0.15, -0.1) is 0 Å². The SMILES string of the molecule is NC1CCCCCC1Cc1c(Cl)cccc1[N+](=O)[O-]. The van der Waals surface area contributed by atoms with E-state index in [0.29, 0.717) is 22.9 Å². The number of halogens is 1. The van der Waals surface area contributed by atoms with Gasteiger partial charge in [-0.25, -0.2) is 0 Å². The van der Waals surface area contributed by atoms with Gasteiger partial charge in [-0.1, -0.05) is 36.9 Å². The van der Waals surface area contributed by atoms with E-state index in [1.165, 1.54) is 12.5 Å². The highest BCUT2D eigenvalue weighted by Crippen LogP contribution is 2.32. The van der Waals surface area contributed by atoms with Crippen LogP contribution in [0.15, 0.2) is 18.2 Å². The molecule has 1 aliphatic carbocycles. The molecule has 1 saturated carbocycles. The topological polar surface area (TPSA) is 69.2 Å². The quantitative estimate of drug-likeness (QED) is 0.522. The van der Waals surface area contributed by atoms with E-state index in [-0.39, 0.29) is 16.7 Å². The van der Waals surface area contributed by atoms with E-state index in [0.717, 1.165) is 25.7 Å². The Morgan fingerprint density at radius 1 is 1.32 bits per heavy atom. The normalized spacial score (nSPS) is 23.9. The molecule has 2 atom stereocenters. The van der Waals surface area contributed by atoms with Crippen LogP contribution in [0.1, 0.15) is 37.7 Å². The molecule has 4 nitrogen and oxygen atoms in total. The van der Waals surface area contributed by atoms with Crippen molar-refractivity contribution in [1.82, 2.24) is 0 Å². The number of nitrogens with two attached hydrogens (primary N) is 1. The van der Waals surface area contributed by atoms with Crippen LogP contribution < -0.4 is 5.73 Å². The second-order valence-corrected chi connectivity index (χ2v) is 5.67. The molecule has 0 aromatic heterocycles. The van der Waals surface area contributed by atoms with Gasteiger partial charge in [-0.05, 0) is 31.2 Å². The molecule has 0 aliphatic heterocycles. The van der Waals surface area contributed by atoms with Gasteiger partial charge in [0.05, 0.1) is 9.95 Å². The third-order valence-corrected chi connectivity index (χ3v) is 4.33. The highest BCUT2D eigenvalue weighted by molar-refractivity contribution is 6.31. The standard InChI is InChI=1S/C14H19ClN2O2/c15-12-6-4-8-14(17(18)19)11(12)9-10-5-2-1-3-7-13(10)16/h4,6,8,10,13H,1-3,5,7,9,16H2. The van der Waals surface area contributed by atoms with Gasteiger partial charge in [0.25, 0.3) is 5.69 Å². The summed E-state index contributed by atoms with van der Waals surface area (Å²) in [5, 5.41) is 11.6. The molecule has 0 saturated heterocycles. The Kier molecular flexibility index (Phi) is 4.77. The fourth-order valence-electron chi connectivity index (χ4n) is 2.85. The lowest BCUT2D eigenvalue weighted by molar-refractivity contribution is -0.385. The second-order valence-electron chi connectivity index (χ2n) is 5.26. The lowest BCUT2D eigenvalue weighted by atomic mass is 9.88. The van der Waals surface area contributed by atoms with Gasteiger partial charge >= 0.3 is 0 Å². The Labute approximate surface area is 118 Å². The van der Waals surface area contributed by atoms with Crippen molar-refractivity contribution in [3.8, 4) is 0 Å². The lowest BCUT2D eigenvalue weighted by Gasteiger charge is -2.21. The molecule has 0 spiro atoms. The summed E-state index contributed by atoms with van der Waals surface area (Å²) in [5.74, 6) is 0.293. The zero-order chi connectivity index (χ0) is 13.8. The van der Waals surface area contributed by atoms with Crippen molar-refractivity contribution in [2.45, 2.75) is 44.6 Å². The third kappa shape index (κ3) is 3.45. The summed E-state index contributed by atoms with van der Waals surface area (Å²) in [6.07, 6.45) is 6.15. The largest absolute Gasteiger partial charge is 0.327 e. The average molecular weight is 283 g/mol. The van der Waals surface area contributed by atoms with E-state index in [9.17, 15) is 10.1 Å². The molecule has 1 aromatic rings. The maximum atomic E-state index is 11.1. The zero-order valence-corrected chi connectivity index (χ0v) is 11.6. The Bertz CT molecular complexity index is 465. The van der Waals surface area contributed by atoms with Gasteiger partial charge in [-0.2, -0.15) is 0 Å². The highest BCUT2D eigenvalue weighted by Gasteiger charge is 2.25. The average Bonchev–Trinajstić information content (AvgIpc) is 2.57. The smallest absolute Gasteiger partial charge is 0.274 e. The molecule has 0 amide bonds. The first-order valence-electron chi connectivity index (χ1n) is 6.77. The Balaban J connectivity index is 2.24. The first kappa shape index (κ1) is 14.3. The van der Waals surface area contributed by atoms with E-state index in [1.54, 1.807) is 12.1 Å². The Hall–Kier alpha value is -1.13. The molecule has 1 aliphatic rings. The fourth-order valence-corrected chi connectivity index (χ4v) is 3.10. The van der Waals surface area contributed by atoms with Crippen molar-refractivity contribution >= 4 is 17.3 Å². The summed E-state index contributed by atoms with van der Waals surface area (Å²) in [7, 11) is 0. The van der Waals surface area contributed by atoms with Crippen LogP contribution in [-0.2, 0) is 6.42 Å². The molecule has 2 unspecified atom stereocenters. The summed E-state index contributed by atoms with van der Waals surface area (Å²) < 4.78 is 0. The number of nitro benzene ring substituents is 1. The molecule has 19 heavy (non-hydrogen) atoms. The Morgan fingerprint density at radius 3 is 2.79 bits per heavy atom. The molecule has 0 heterocycles. The summed E-state index contributed by atoms with van der Waals surface area (Å²) >= 11 is 6.14. The number of benzene rings is 1. The van der Waals surface area contributed by atoms with Crippen molar-refractivity contribution in [2.75, 3.05) is 0 Å². The lowest BCUT2D eigenvalue weighted by Crippen LogP contribution is -2.30. The maximum Gasteiger partial charge on any atom is 0.274 e. The van der Waals surface area contributed by atoms with Gasteiger partial charge < -0.3 is 5.73 Å². The van der Waals surface area contributed by atoms with Gasteiger partial charge in [0.15, 0.2) is 0 Å². The fraction of sp³-hybridized carbons (Fsp3) is 0.571. The minimum Gasteiger partial charge on any atom is -0.327 e. The van der Waals surface area contributed by atoms with Crippen LogP contribution in [0.3, 0.4) is 0 Å². The van der Waals surface area contributed by atoms with Crippen LogP contribution >= 0.6 is 11.6 Å². The number of rotatable bonds is 3. The first-order valence-corrected chi connectivity index (χ1v) is 7.14. The maximum absolute atomic E-state index is 11.1. The van der Waals surface area contributed by atoms with Crippen molar-refractivity contribution in [2.24, 2.45) is 11.7 Å². The van der Waals surface area contributed by atoms with E-state index < -0.39 is 0 Å². The molecular weight excluding hydrogens is 264 g/mol. The number of hydrogen-bond donors (Lipinski definition) is 1. The molecule has 2 rings (SSSR count). The molecular formula is C14H19ClN2O2. The molecule has 5 heteroatoms. The minimum atomic E-state index is -0.358. The molecule has 0 radical (unpaired) electrons. The van der Waals surface area contributed by atoms with Crippen LogP contribution in [0.25, 0.3) is 0 Å². The van der Waals surface area contributed by atoms with Gasteiger partial charge in [-0.3, -0.25) is 10.1 Å². The molecule has 104 valence electrons. The molecule has 2 N–H and O–H groups in total. The zero-order valence-electron chi connectivity index (χ0n) is 10.8. The van der Waals surface area contributed by atoms with Crippen molar-refractivity contribution in [3.05, 3.63) is 38.9 Å². The summed E-state index contributed by atoms with van der Waals surface area (Å²) in [6.45, 7) is 0. The predicted molar refractivity (Wildman–Crippen MR) is 76.4 cm³/mol. The van der Waals surface area contributed by atoms with Crippen molar-refractivity contribution in [3.63, 3.8) is 0 Å². The van der Waals surface area contributed by atoms with E-state index in [4.69, 9.17) is 17.3 Å². The van der Waals surface area contributed by atoms with E-state index in [2.05, 4.69) is 0 Å². The first-order chi connectivity index (χ1) is 9.09. The summed E-state index contributed by atoms with van der Waals surface area (Å²) in [5.41, 5.74) is 6.94. The van der Waals surface area contributed by atoms with Crippen molar-refractivity contribution < 1.29 is 4.92 Å². The van der Waals surface area contributed by atoms with Crippen LogP contribution in [0.5, 0.6) is 0 Å². The predicted octanol–water partition coefficient (Wildman–Crippen LogP) is 3.70.